The molecule has 2 aliphatic rings. The van der Waals surface area contributed by atoms with E-state index in [1.807, 2.05) is 10.9 Å². The monoisotopic (exact) mass is 248 g/mol. The molecule has 2 aliphatic carbocycles. The third kappa shape index (κ3) is 2.53. The maximum absolute atomic E-state index is 5.66. The molecule has 1 heterocycles. The molecule has 0 radical (unpaired) electrons. The van der Waals surface area contributed by atoms with Crippen LogP contribution >= 0.6 is 0 Å². The Bertz CT molecular complexity index is 400. The largest absolute Gasteiger partial charge is 0.396 e. The summed E-state index contributed by atoms with van der Waals surface area (Å²) in [7, 11) is 2.23. The van der Waals surface area contributed by atoms with E-state index in [9.17, 15) is 0 Å². The lowest BCUT2D eigenvalue weighted by atomic mass is 9.88. The first kappa shape index (κ1) is 12.0. The van der Waals surface area contributed by atoms with Gasteiger partial charge in [-0.05, 0) is 44.1 Å². The lowest BCUT2D eigenvalue weighted by Gasteiger charge is -2.27. The normalized spacial score (nSPS) is 30.4. The second kappa shape index (κ2) is 4.92. The van der Waals surface area contributed by atoms with Crippen LogP contribution in [0, 0.1) is 17.8 Å². The van der Waals surface area contributed by atoms with Crippen LogP contribution < -0.4 is 5.73 Å². The van der Waals surface area contributed by atoms with E-state index >= 15 is 0 Å². The van der Waals surface area contributed by atoms with E-state index in [-0.39, 0.29) is 0 Å². The molecular formula is C14H24N4. The molecule has 0 spiro atoms. The number of anilines is 1. The van der Waals surface area contributed by atoms with Gasteiger partial charge in [-0.15, -0.1) is 0 Å². The minimum atomic E-state index is 0.755. The van der Waals surface area contributed by atoms with Crippen molar-refractivity contribution in [2.75, 3.05) is 25.9 Å². The highest BCUT2D eigenvalue weighted by atomic mass is 15.3. The van der Waals surface area contributed by atoms with Gasteiger partial charge in [0.1, 0.15) is 0 Å². The van der Waals surface area contributed by atoms with E-state index in [1.165, 1.54) is 32.2 Å². The zero-order chi connectivity index (χ0) is 12.5. The second-order valence-electron chi connectivity index (χ2n) is 6.23. The van der Waals surface area contributed by atoms with Gasteiger partial charge in [0.15, 0.2) is 0 Å². The average Bonchev–Trinajstić information content (AvgIpc) is 3.03. The van der Waals surface area contributed by atoms with Gasteiger partial charge in [0, 0.05) is 19.3 Å². The molecule has 100 valence electrons. The molecule has 0 saturated heterocycles. The highest BCUT2D eigenvalue weighted by Gasteiger charge is 2.39. The van der Waals surface area contributed by atoms with Crippen LogP contribution in [0.5, 0.6) is 0 Å². The first-order valence-electron chi connectivity index (χ1n) is 7.17. The van der Waals surface area contributed by atoms with Crippen LogP contribution in [0.25, 0.3) is 0 Å². The Morgan fingerprint density at radius 1 is 1.44 bits per heavy atom. The van der Waals surface area contributed by atoms with Gasteiger partial charge in [-0.25, -0.2) is 0 Å². The van der Waals surface area contributed by atoms with Crippen LogP contribution in [0.2, 0.25) is 0 Å². The Morgan fingerprint density at radius 2 is 2.33 bits per heavy atom. The third-order valence-electron chi connectivity index (χ3n) is 4.79. The molecule has 2 saturated carbocycles. The standard InChI is InChI=1S/C14H24N4/c1-17(4-5-18-10-14(15)8-16-18)9-13-7-11-2-3-12(13)6-11/h8,10-13H,2-7,9,15H2,1H3. The fourth-order valence-electron chi connectivity index (χ4n) is 3.87. The van der Waals surface area contributed by atoms with Crippen molar-refractivity contribution in [3.8, 4) is 0 Å². The summed E-state index contributed by atoms with van der Waals surface area (Å²) in [6, 6.07) is 0. The minimum absolute atomic E-state index is 0.755. The summed E-state index contributed by atoms with van der Waals surface area (Å²) in [4.78, 5) is 2.46. The number of aromatic nitrogens is 2. The molecular weight excluding hydrogens is 224 g/mol. The van der Waals surface area contributed by atoms with E-state index < -0.39 is 0 Å². The molecule has 18 heavy (non-hydrogen) atoms. The molecule has 2 bridgehead atoms. The summed E-state index contributed by atoms with van der Waals surface area (Å²) in [5.41, 5.74) is 6.42. The van der Waals surface area contributed by atoms with Gasteiger partial charge in [0.25, 0.3) is 0 Å². The fourth-order valence-corrected chi connectivity index (χ4v) is 3.87. The van der Waals surface area contributed by atoms with Gasteiger partial charge in [0.05, 0.1) is 18.4 Å². The number of hydrogen-bond acceptors (Lipinski definition) is 3. The van der Waals surface area contributed by atoms with Crippen molar-refractivity contribution in [1.82, 2.24) is 14.7 Å². The third-order valence-corrected chi connectivity index (χ3v) is 4.79. The number of hydrogen-bond donors (Lipinski definition) is 1. The summed E-state index contributed by atoms with van der Waals surface area (Å²) in [5.74, 6) is 3.04. The molecule has 0 aromatic carbocycles. The maximum atomic E-state index is 5.66. The van der Waals surface area contributed by atoms with E-state index in [0.29, 0.717) is 0 Å². The molecule has 2 N–H and O–H groups in total. The lowest BCUT2D eigenvalue weighted by Crippen LogP contribution is -2.31. The van der Waals surface area contributed by atoms with Crippen molar-refractivity contribution in [2.24, 2.45) is 17.8 Å². The number of fused-ring (bicyclic) bond motifs is 2. The van der Waals surface area contributed by atoms with Crippen LogP contribution in [0.15, 0.2) is 12.4 Å². The molecule has 1 aromatic rings. The van der Waals surface area contributed by atoms with Gasteiger partial charge >= 0.3 is 0 Å². The number of nitrogens with two attached hydrogens (primary N) is 1. The van der Waals surface area contributed by atoms with Crippen LogP contribution in [0.1, 0.15) is 25.7 Å². The molecule has 3 atom stereocenters. The van der Waals surface area contributed by atoms with Crippen molar-refractivity contribution in [1.29, 1.82) is 0 Å². The highest BCUT2D eigenvalue weighted by Crippen LogP contribution is 2.48. The van der Waals surface area contributed by atoms with Crippen LogP contribution in [0.4, 0.5) is 5.69 Å². The highest BCUT2D eigenvalue weighted by molar-refractivity contribution is 5.30. The smallest absolute Gasteiger partial charge is 0.0719 e. The van der Waals surface area contributed by atoms with Crippen molar-refractivity contribution in [3.63, 3.8) is 0 Å². The summed E-state index contributed by atoms with van der Waals surface area (Å²) < 4.78 is 1.94. The average molecular weight is 248 g/mol. The SMILES string of the molecule is CN(CCn1cc(N)cn1)CC1CC2CCC1C2. The maximum Gasteiger partial charge on any atom is 0.0719 e. The van der Waals surface area contributed by atoms with Crippen LogP contribution in [0.3, 0.4) is 0 Å². The Balaban J connectivity index is 1.43. The first-order valence-corrected chi connectivity index (χ1v) is 7.17. The van der Waals surface area contributed by atoms with E-state index in [0.717, 1.165) is 36.5 Å². The zero-order valence-corrected chi connectivity index (χ0v) is 11.3. The number of likely N-dealkylation sites (N-methyl/N-ethyl adjacent to an activating group) is 1. The molecule has 1 aromatic heterocycles. The van der Waals surface area contributed by atoms with Gasteiger partial charge in [-0.2, -0.15) is 5.10 Å². The number of nitrogen functional groups attached to an aromatic ring is 1. The summed E-state index contributed by atoms with van der Waals surface area (Å²) in [6.45, 7) is 3.27. The Hall–Kier alpha value is -1.03. The Labute approximate surface area is 109 Å². The van der Waals surface area contributed by atoms with Gasteiger partial charge in [-0.1, -0.05) is 6.42 Å². The number of rotatable bonds is 5. The van der Waals surface area contributed by atoms with Crippen LogP contribution in [-0.2, 0) is 6.54 Å². The van der Waals surface area contributed by atoms with Crippen LogP contribution in [-0.4, -0.2) is 34.8 Å². The molecule has 2 fully saturated rings. The van der Waals surface area contributed by atoms with E-state index in [1.54, 1.807) is 6.20 Å². The number of nitrogens with zero attached hydrogens (tertiary/aromatic N) is 3. The topological polar surface area (TPSA) is 47.1 Å². The summed E-state index contributed by atoms with van der Waals surface area (Å²) in [5, 5.41) is 4.22. The molecule has 4 heteroatoms. The fraction of sp³-hybridized carbons (Fsp3) is 0.786. The molecule has 0 aliphatic heterocycles. The summed E-state index contributed by atoms with van der Waals surface area (Å²) >= 11 is 0. The van der Waals surface area contributed by atoms with E-state index in [4.69, 9.17) is 5.73 Å². The van der Waals surface area contributed by atoms with Gasteiger partial charge < -0.3 is 10.6 Å². The zero-order valence-electron chi connectivity index (χ0n) is 11.3. The Morgan fingerprint density at radius 3 is 2.94 bits per heavy atom. The predicted octanol–water partition coefficient (Wildman–Crippen LogP) is 1.83. The van der Waals surface area contributed by atoms with Crippen molar-refractivity contribution in [2.45, 2.75) is 32.2 Å². The molecule has 3 rings (SSSR count). The van der Waals surface area contributed by atoms with Crippen molar-refractivity contribution in [3.05, 3.63) is 12.4 Å². The quantitative estimate of drug-likeness (QED) is 0.865. The predicted molar refractivity (Wildman–Crippen MR) is 73.1 cm³/mol. The Kier molecular flexibility index (Phi) is 3.29. The lowest BCUT2D eigenvalue weighted by molar-refractivity contribution is 0.213. The minimum Gasteiger partial charge on any atom is -0.396 e. The van der Waals surface area contributed by atoms with Gasteiger partial charge in [-0.3, -0.25) is 4.68 Å². The van der Waals surface area contributed by atoms with E-state index in [2.05, 4.69) is 17.0 Å². The molecule has 0 amide bonds. The van der Waals surface area contributed by atoms with Crippen molar-refractivity contribution >= 4 is 5.69 Å². The molecule has 3 unspecified atom stereocenters. The molecule has 4 nitrogen and oxygen atoms in total. The summed E-state index contributed by atoms with van der Waals surface area (Å²) in [6.07, 6.45) is 9.59. The second-order valence-corrected chi connectivity index (χ2v) is 6.23. The van der Waals surface area contributed by atoms with Gasteiger partial charge in [0.2, 0.25) is 0 Å². The first-order chi connectivity index (χ1) is 8.70. The van der Waals surface area contributed by atoms with Crippen molar-refractivity contribution < 1.29 is 0 Å².